The molecule has 0 aliphatic rings. The molecule has 3 N–H and O–H groups in total. The van der Waals surface area contributed by atoms with Gasteiger partial charge in [0.15, 0.2) is 0 Å². The Balaban J connectivity index is 2.18. The number of hydrogen-bond donors (Lipinski definition) is 2. The Morgan fingerprint density at radius 3 is 2.72 bits per heavy atom. The number of benzene rings is 1. The zero-order valence-corrected chi connectivity index (χ0v) is 11.9. The Morgan fingerprint density at radius 1 is 1.44 bits per heavy atom. The number of anilines is 2. The number of nitrogens with one attached hydrogen (secondary N) is 1. The van der Waals surface area contributed by atoms with Gasteiger partial charge >= 0.3 is 0 Å². The third-order valence-electron chi connectivity index (χ3n) is 2.34. The number of aryl methyl sites for hydroxylation is 1. The zero-order chi connectivity index (χ0) is 13.3. The zero-order valence-electron chi connectivity index (χ0n) is 9.46. The van der Waals surface area contributed by atoms with E-state index in [1.807, 2.05) is 6.92 Å². The molecule has 18 heavy (non-hydrogen) atoms. The van der Waals surface area contributed by atoms with Crippen LogP contribution >= 0.6 is 27.3 Å². The molecule has 1 aromatic heterocycles. The molecule has 0 spiro atoms. The van der Waals surface area contributed by atoms with Gasteiger partial charge in [0.05, 0.1) is 14.4 Å². The number of carbonyl (C=O) groups is 1. The lowest BCUT2D eigenvalue weighted by molar-refractivity contribution is 0.103. The average molecular weight is 329 g/mol. The van der Waals surface area contributed by atoms with Gasteiger partial charge in [-0.25, -0.2) is 4.39 Å². The summed E-state index contributed by atoms with van der Waals surface area (Å²) in [6.07, 6.45) is 0. The summed E-state index contributed by atoms with van der Waals surface area (Å²) >= 11 is 4.69. The van der Waals surface area contributed by atoms with E-state index in [-0.39, 0.29) is 11.6 Å². The summed E-state index contributed by atoms with van der Waals surface area (Å²) in [5.41, 5.74) is 6.80. The summed E-state index contributed by atoms with van der Waals surface area (Å²) in [7, 11) is 0. The van der Waals surface area contributed by atoms with Crippen molar-refractivity contribution in [3.05, 3.63) is 44.3 Å². The van der Waals surface area contributed by atoms with Gasteiger partial charge in [-0.2, -0.15) is 0 Å². The molecule has 1 amide bonds. The standard InChI is InChI=1S/C12H10BrFN2OS/c1-6-4-10(18-11(6)13)12(17)16-7-2-3-9(15)8(14)5-7/h2-5H,15H2,1H3,(H,16,17). The highest BCUT2D eigenvalue weighted by molar-refractivity contribution is 9.11. The number of nitrogens with two attached hydrogens (primary N) is 1. The van der Waals surface area contributed by atoms with Gasteiger partial charge in [-0.15, -0.1) is 11.3 Å². The number of amides is 1. The third-order valence-corrected chi connectivity index (χ3v) is 4.47. The molecule has 0 atom stereocenters. The minimum absolute atomic E-state index is 0.0581. The number of carbonyl (C=O) groups excluding carboxylic acids is 1. The predicted octanol–water partition coefficient (Wildman–Crippen LogP) is 3.79. The van der Waals surface area contributed by atoms with Gasteiger partial charge in [0, 0.05) is 5.69 Å². The number of rotatable bonds is 2. The van der Waals surface area contributed by atoms with E-state index in [4.69, 9.17) is 5.73 Å². The highest BCUT2D eigenvalue weighted by Gasteiger charge is 2.12. The number of hydrogen-bond acceptors (Lipinski definition) is 3. The second-order valence-electron chi connectivity index (χ2n) is 3.76. The normalized spacial score (nSPS) is 10.4. The minimum Gasteiger partial charge on any atom is -0.396 e. The molecule has 2 aromatic rings. The SMILES string of the molecule is Cc1cc(C(=O)Nc2ccc(N)c(F)c2)sc1Br. The lowest BCUT2D eigenvalue weighted by Gasteiger charge is -2.04. The second kappa shape index (κ2) is 5.07. The highest BCUT2D eigenvalue weighted by Crippen LogP contribution is 2.28. The van der Waals surface area contributed by atoms with Crippen LogP contribution in [-0.4, -0.2) is 5.91 Å². The molecule has 0 unspecified atom stereocenters. The Labute approximate surface area is 116 Å². The fraction of sp³-hybridized carbons (Fsp3) is 0.0833. The van der Waals surface area contributed by atoms with Crippen LogP contribution in [0.25, 0.3) is 0 Å². The van der Waals surface area contributed by atoms with Gasteiger partial charge in [-0.3, -0.25) is 4.79 Å². The summed E-state index contributed by atoms with van der Waals surface area (Å²) in [4.78, 5) is 12.5. The molecule has 94 valence electrons. The number of halogens is 2. The van der Waals surface area contributed by atoms with Crippen molar-refractivity contribution >= 4 is 44.5 Å². The quantitative estimate of drug-likeness (QED) is 0.824. The molecule has 1 heterocycles. The number of nitrogen functional groups attached to an aromatic ring is 1. The summed E-state index contributed by atoms with van der Waals surface area (Å²) in [6, 6.07) is 5.95. The molecule has 0 aliphatic carbocycles. The van der Waals surface area contributed by atoms with E-state index in [0.717, 1.165) is 9.35 Å². The fourth-order valence-corrected chi connectivity index (χ4v) is 2.80. The summed E-state index contributed by atoms with van der Waals surface area (Å²) in [5.74, 6) is -0.811. The van der Waals surface area contributed by atoms with Gasteiger partial charge < -0.3 is 11.1 Å². The van der Waals surface area contributed by atoms with Crippen molar-refractivity contribution in [2.24, 2.45) is 0 Å². The van der Waals surface area contributed by atoms with Crippen LogP contribution in [0.1, 0.15) is 15.2 Å². The maximum absolute atomic E-state index is 13.2. The Hall–Kier alpha value is -1.40. The van der Waals surface area contributed by atoms with Crippen molar-refractivity contribution in [3.63, 3.8) is 0 Å². The van der Waals surface area contributed by atoms with Crippen LogP contribution in [0, 0.1) is 12.7 Å². The van der Waals surface area contributed by atoms with Gasteiger partial charge in [0.25, 0.3) is 5.91 Å². The molecule has 0 fully saturated rings. The van der Waals surface area contributed by atoms with Gasteiger partial charge in [-0.05, 0) is 52.7 Å². The molecular formula is C12H10BrFN2OS. The van der Waals surface area contributed by atoms with Crippen molar-refractivity contribution in [1.82, 2.24) is 0 Å². The first-order chi connectivity index (χ1) is 8.47. The Kier molecular flexibility index (Phi) is 3.68. The molecule has 1 aromatic carbocycles. The maximum atomic E-state index is 13.2. The molecular weight excluding hydrogens is 319 g/mol. The second-order valence-corrected chi connectivity index (χ2v) is 6.13. The predicted molar refractivity (Wildman–Crippen MR) is 75.5 cm³/mol. The van der Waals surface area contributed by atoms with Crippen molar-refractivity contribution in [1.29, 1.82) is 0 Å². The van der Waals surface area contributed by atoms with E-state index in [0.29, 0.717) is 10.6 Å². The van der Waals surface area contributed by atoms with E-state index in [1.54, 1.807) is 12.1 Å². The van der Waals surface area contributed by atoms with Gasteiger partial charge in [0.2, 0.25) is 0 Å². The van der Waals surface area contributed by atoms with Crippen LogP contribution in [0.3, 0.4) is 0 Å². The largest absolute Gasteiger partial charge is 0.396 e. The van der Waals surface area contributed by atoms with Crippen molar-refractivity contribution in [2.75, 3.05) is 11.1 Å². The molecule has 0 bridgehead atoms. The summed E-state index contributed by atoms with van der Waals surface area (Å²) in [6.45, 7) is 1.90. The Bertz CT molecular complexity index is 593. The van der Waals surface area contributed by atoms with E-state index < -0.39 is 5.82 Å². The lowest BCUT2D eigenvalue weighted by Crippen LogP contribution is -2.10. The molecule has 2 rings (SSSR count). The maximum Gasteiger partial charge on any atom is 0.265 e. The van der Waals surface area contributed by atoms with E-state index in [9.17, 15) is 9.18 Å². The van der Waals surface area contributed by atoms with E-state index >= 15 is 0 Å². The van der Waals surface area contributed by atoms with Crippen molar-refractivity contribution < 1.29 is 9.18 Å². The van der Waals surface area contributed by atoms with Crippen LogP contribution in [-0.2, 0) is 0 Å². The van der Waals surface area contributed by atoms with E-state index in [2.05, 4.69) is 21.2 Å². The highest BCUT2D eigenvalue weighted by atomic mass is 79.9. The van der Waals surface area contributed by atoms with Gasteiger partial charge in [0.1, 0.15) is 5.82 Å². The first-order valence-electron chi connectivity index (χ1n) is 5.09. The molecule has 3 nitrogen and oxygen atoms in total. The topological polar surface area (TPSA) is 55.1 Å². The molecule has 0 aliphatic heterocycles. The number of thiophene rings is 1. The average Bonchev–Trinajstić information content (AvgIpc) is 2.65. The fourth-order valence-electron chi connectivity index (χ4n) is 1.37. The van der Waals surface area contributed by atoms with Crippen LogP contribution in [0.2, 0.25) is 0 Å². The van der Waals surface area contributed by atoms with Crippen molar-refractivity contribution in [3.8, 4) is 0 Å². The van der Waals surface area contributed by atoms with Crippen LogP contribution in [0.15, 0.2) is 28.1 Å². The molecule has 0 saturated heterocycles. The first kappa shape index (κ1) is 13.0. The van der Waals surface area contributed by atoms with Gasteiger partial charge in [-0.1, -0.05) is 0 Å². The van der Waals surface area contributed by atoms with Crippen LogP contribution < -0.4 is 11.1 Å². The summed E-state index contributed by atoms with van der Waals surface area (Å²) in [5, 5.41) is 2.62. The van der Waals surface area contributed by atoms with Crippen molar-refractivity contribution in [2.45, 2.75) is 6.92 Å². The lowest BCUT2D eigenvalue weighted by atomic mass is 10.2. The van der Waals surface area contributed by atoms with Crippen LogP contribution in [0.4, 0.5) is 15.8 Å². The molecule has 6 heteroatoms. The van der Waals surface area contributed by atoms with Crippen LogP contribution in [0.5, 0.6) is 0 Å². The molecule has 0 saturated carbocycles. The first-order valence-corrected chi connectivity index (χ1v) is 6.70. The molecule has 0 radical (unpaired) electrons. The monoisotopic (exact) mass is 328 g/mol. The minimum atomic E-state index is -0.545. The third kappa shape index (κ3) is 2.70. The summed E-state index contributed by atoms with van der Waals surface area (Å²) < 4.78 is 14.1. The smallest absolute Gasteiger partial charge is 0.265 e. The van der Waals surface area contributed by atoms with E-state index in [1.165, 1.54) is 23.5 Å². The Morgan fingerprint density at radius 2 is 2.17 bits per heavy atom.